The largest absolute Gasteiger partial charge is 0.333 e. The van der Waals surface area contributed by atoms with Crippen molar-refractivity contribution in [3.8, 4) is 0 Å². The van der Waals surface area contributed by atoms with Crippen LogP contribution in [-0.4, -0.2) is 41.9 Å². The fraction of sp³-hybridized carbons (Fsp3) is 0.500. The Kier molecular flexibility index (Phi) is 4.58. The van der Waals surface area contributed by atoms with Gasteiger partial charge in [0.1, 0.15) is 0 Å². The molecule has 1 N–H and O–H groups in total. The minimum absolute atomic E-state index is 0.0536. The lowest BCUT2D eigenvalue weighted by Gasteiger charge is -2.32. The van der Waals surface area contributed by atoms with Gasteiger partial charge in [-0.25, -0.2) is 4.79 Å². The summed E-state index contributed by atoms with van der Waals surface area (Å²) in [7, 11) is 1.74. The third kappa shape index (κ3) is 2.92. The molecular formula is C20H27N3O2. The molecule has 25 heavy (non-hydrogen) atoms. The van der Waals surface area contributed by atoms with E-state index in [0.29, 0.717) is 6.54 Å². The van der Waals surface area contributed by atoms with Crippen LogP contribution in [0.2, 0.25) is 0 Å². The van der Waals surface area contributed by atoms with E-state index in [0.717, 1.165) is 41.8 Å². The average molecular weight is 341 g/mol. The molecule has 1 aromatic carbocycles. The summed E-state index contributed by atoms with van der Waals surface area (Å²) in [6, 6.07) is 3.72. The van der Waals surface area contributed by atoms with Crippen LogP contribution in [0.3, 0.4) is 0 Å². The van der Waals surface area contributed by atoms with Gasteiger partial charge in [-0.3, -0.25) is 9.69 Å². The van der Waals surface area contributed by atoms with Crippen LogP contribution in [0.25, 0.3) is 0 Å². The van der Waals surface area contributed by atoms with Crippen molar-refractivity contribution < 1.29 is 9.59 Å². The number of benzene rings is 1. The smallest absolute Gasteiger partial charge is 0.322 e. The van der Waals surface area contributed by atoms with Crippen LogP contribution in [0.1, 0.15) is 48.1 Å². The van der Waals surface area contributed by atoms with E-state index in [4.69, 9.17) is 0 Å². The molecule has 0 bridgehead atoms. The second kappa shape index (κ2) is 6.54. The zero-order valence-corrected chi connectivity index (χ0v) is 15.8. The molecule has 1 aromatic rings. The first-order chi connectivity index (χ1) is 11.8. The minimum atomic E-state index is -0.364. The van der Waals surface area contributed by atoms with Gasteiger partial charge in [0, 0.05) is 13.6 Å². The van der Waals surface area contributed by atoms with E-state index >= 15 is 0 Å². The monoisotopic (exact) mass is 341 g/mol. The molecule has 0 spiro atoms. The number of unbranched alkanes of at least 4 members (excludes halogenated alkanes) is 1. The van der Waals surface area contributed by atoms with Crippen LogP contribution in [0.4, 0.5) is 4.79 Å². The number of carbonyl (C=O) groups is 2. The van der Waals surface area contributed by atoms with Crippen molar-refractivity contribution in [2.45, 2.75) is 46.6 Å². The maximum atomic E-state index is 13.0. The minimum Gasteiger partial charge on any atom is -0.333 e. The average Bonchev–Trinajstić information content (AvgIpc) is 2.90. The van der Waals surface area contributed by atoms with E-state index in [1.807, 2.05) is 11.8 Å². The molecule has 2 aliphatic rings. The van der Waals surface area contributed by atoms with E-state index in [-0.39, 0.29) is 18.0 Å². The van der Waals surface area contributed by atoms with Gasteiger partial charge in [-0.1, -0.05) is 25.5 Å². The highest BCUT2D eigenvalue weighted by Crippen LogP contribution is 2.37. The van der Waals surface area contributed by atoms with E-state index in [1.54, 1.807) is 11.9 Å². The van der Waals surface area contributed by atoms with Crippen LogP contribution in [0, 0.1) is 20.8 Å². The summed E-state index contributed by atoms with van der Waals surface area (Å²) >= 11 is 0. The molecule has 5 heteroatoms. The van der Waals surface area contributed by atoms with Gasteiger partial charge in [-0.2, -0.15) is 0 Å². The molecule has 0 saturated heterocycles. The summed E-state index contributed by atoms with van der Waals surface area (Å²) in [6.07, 6.45) is 2.02. The number of hydrogen-bond acceptors (Lipinski definition) is 2. The zero-order chi connectivity index (χ0) is 18.3. The Morgan fingerprint density at radius 1 is 1.12 bits per heavy atom. The summed E-state index contributed by atoms with van der Waals surface area (Å²) in [5, 5.41) is 3.03. The van der Waals surface area contributed by atoms with Crippen LogP contribution >= 0.6 is 0 Å². The van der Waals surface area contributed by atoms with Crippen molar-refractivity contribution in [1.29, 1.82) is 0 Å². The van der Waals surface area contributed by atoms with Crippen LogP contribution in [0.5, 0.6) is 0 Å². The van der Waals surface area contributed by atoms with Crippen LogP contribution in [-0.2, 0) is 4.79 Å². The van der Waals surface area contributed by atoms with Crippen molar-refractivity contribution >= 4 is 11.9 Å². The van der Waals surface area contributed by atoms with Gasteiger partial charge in [0.25, 0.3) is 5.91 Å². The summed E-state index contributed by atoms with van der Waals surface area (Å²) in [6.45, 7) is 9.57. The first-order valence-corrected chi connectivity index (χ1v) is 8.99. The molecule has 0 unspecified atom stereocenters. The molecule has 5 nitrogen and oxygen atoms in total. The molecule has 0 radical (unpaired) electrons. The number of rotatable bonds is 4. The maximum Gasteiger partial charge on any atom is 0.322 e. The van der Waals surface area contributed by atoms with Crippen molar-refractivity contribution in [1.82, 2.24) is 15.1 Å². The fourth-order valence-electron chi connectivity index (χ4n) is 3.68. The number of aryl methyl sites for hydroxylation is 3. The summed E-state index contributed by atoms with van der Waals surface area (Å²) < 4.78 is 0. The Hall–Kier alpha value is -2.30. The molecule has 2 aliphatic heterocycles. The molecule has 134 valence electrons. The Balaban J connectivity index is 2.04. The molecule has 0 aliphatic carbocycles. The van der Waals surface area contributed by atoms with Crippen molar-refractivity contribution in [3.05, 3.63) is 45.7 Å². The van der Waals surface area contributed by atoms with Crippen molar-refractivity contribution in [2.75, 3.05) is 20.1 Å². The SMILES string of the molecule is CCCCN1CC2=C(C1=O)[C@@H](c1cc(C)c(C)cc1C)NC(=O)N2C. The number of nitrogens with one attached hydrogen (secondary N) is 1. The van der Waals surface area contributed by atoms with Gasteiger partial charge in [-0.15, -0.1) is 0 Å². The lowest BCUT2D eigenvalue weighted by atomic mass is 9.90. The third-order valence-electron chi connectivity index (χ3n) is 5.41. The topological polar surface area (TPSA) is 52.7 Å². The molecular weight excluding hydrogens is 314 g/mol. The number of likely N-dealkylation sites (N-methyl/N-ethyl adjacent to an activating group) is 1. The highest BCUT2D eigenvalue weighted by Gasteiger charge is 2.42. The van der Waals surface area contributed by atoms with Crippen molar-refractivity contribution in [3.63, 3.8) is 0 Å². The summed E-state index contributed by atoms with van der Waals surface area (Å²) in [5.74, 6) is 0.0536. The Labute approximate surface area is 149 Å². The molecule has 1 atom stereocenters. The predicted octanol–water partition coefficient (Wildman–Crippen LogP) is 3.20. The first-order valence-electron chi connectivity index (χ1n) is 8.99. The maximum absolute atomic E-state index is 13.0. The second-order valence-electron chi connectivity index (χ2n) is 7.18. The van der Waals surface area contributed by atoms with Crippen LogP contribution < -0.4 is 5.32 Å². The Morgan fingerprint density at radius 2 is 1.80 bits per heavy atom. The lowest BCUT2D eigenvalue weighted by molar-refractivity contribution is -0.125. The number of nitrogens with zero attached hydrogens (tertiary/aromatic N) is 2. The zero-order valence-electron chi connectivity index (χ0n) is 15.8. The number of amides is 3. The highest BCUT2D eigenvalue weighted by molar-refractivity contribution is 6.01. The summed E-state index contributed by atoms with van der Waals surface area (Å²) in [5.41, 5.74) is 6.07. The Bertz CT molecular complexity index is 766. The van der Waals surface area contributed by atoms with Crippen LogP contribution in [0.15, 0.2) is 23.4 Å². The van der Waals surface area contributed by atoms with E-state index in [1.165, 1.54) is 11.1 Å². The number of carbonyl (C=O) groups excluding carboxylic acids is 2. The third-order valence-corrected chi connectivity index (χ3v) is 5.41. The molecule has 0 saturated carbocycles. The number of hydrogen-bond donors (Lipinski definition) is 1. The standard InChI is InChI=1S/C20H27N3O2/c1-6-7-8-23-11-16-17(19(23)24)18(21-20(25)22(16)5)15-10-13(3)12(2)9-14(15)4/h9-10,18H,6-8,11H2,1-5H3,(H,21,25)/t18-/m1/s1. The fourth-order valence-corrected chi connectivity index (χ4v) is 3.68. The number of urea groups is 1. The predicted molar refractivity (Wildman–Crippen MR) is 98.2 cm³/mol. The van der Waals surface area contributed by atoms with E-state index in [2.05, 4.69) is 38.2 Å². The van der Waals surface area contributed by atoms with Gasteiger partial charge in [0.2, 0.25) is 0 Å². The van der Waals surface area contributed by atoms with Gasteiger partial charge in [0.15, 0.2) is 0 Å². The molecule has 0 aromatic heterocycles. The lowest BCUT2D eigenvalue weighted by Crippen LogP contribution is -2.45. The summed E-state index contributed by atoms with van der Waals surface area (Å²) in [4.78, 5) is 29.0. The molecule has 2 heterocycles. The highest BCUT2D eigenvalue weighted by atomic mass is 16.2. The first kappa shape index (κ1) is 17.5. The Morgan fingerprint density at radius 3 is 2.48 bits per heavy atom. The van der Waals surface area contributed by atoms with Gasteiger partial charge < -0.3 is 10.2 Å². The van der Waals surface area contributed by atoms with Gasteiger partial charge in [-0.05, 0) is 49.4 Å². The van der Waals surface area contributed by atoms with E-state index in [9.17, 15) is 9.59 Å². The normalized spacial score (nSPS) is 20.3. The molecule has 3 rings (SSSR count). The van der Waals surface area contributed by atoms with E-state index < -0.39 is 0 Å². The van der Waals surface area contributed by atoms with Gasteiger partial charge in [0.05, 0.1) is 23.9 Å². The van der Waals surface area contributed by atoms with Gasteiger partial charge >= 0.3 is 6.03 Å². The molecule has 0 fully saturated rings. The molecule has 3 amide bonds. The quantitative estimate of drug-likeness (QED) is 0.914. The second-order valence-corrected chi connectivity index (χ2v) is 7.18. The van der Waals surface area contributed by atoms with Crippen molar-refractivity contribution in [2.24, 2.45) is 0 Å².